The molecule has 4 aromatic rings. The van der Waals surface area contributed by atoms with Crippen LogP contribution in [0.2, 0.25) is 5.02 Å². The minimum absolute atomic E-state index is 0.233. The number of aromatic nitrogens is 2. The molecule has 168 valence electrons. The molecule has 1 N–H and O–H groups in total. The molecule has 2 aromatic carbocycles. The topological polar surface area (TPSA) is 90.3 Å². The van der Waals surface area contributed by atoms with Gasteiger partial charge in [-0.15, -0.1) is 11.3 Å². The number of hydrogen-bond acceptors (Lipinski definition) is 6. The number of fused-ring (bicyclic) bond motifs is 1. The lowest BCUT2D eigenvalue weighted by Crippen LogP contribution is -2.28. The predicted molar refractivity (Wildman–Crippen MR) is 129 cm³/mol. The van der Waals surface area contributed by atoms with Crippen molar-refractivity contribution in [1.29, 1.82) is 0 Å². The summed E-state index contributed by atoms with van der Waals surface area (Å²) < 4.78 is 6.62. The van der Waals surface area contributed by atoms with Crippen LogP contribution in [0.25, 0.3) is 10.2 Å². The van der Waals surface area contributed by atoms with Crippen LogP contribution in [0.4, 0.5) is 5.69 Å². The first-order chi connectivity index (χ1) is 15.9. The van der Waals surface area contributed by atoms with Gasteiger partial charge in [-0.3, -0.25) is 14.2 Å². The molecule has 7 nitrogen and oxygen atoms in total. The van der Waals surface area contributed by atoms with Crippen molar-refractivity contribution >= 4 is 50.7 Å². The van der Waals surface area contributed by atoms with Crippen LogP contribution in [0.5, 0.6) is 0 Å². The highest BCUT2D eigenvalue weighted by Crippen LogP contribution is 2.27. The van der Waals surface area contributed by atoms with Crippen LogP contribution in [0.15, 0.2) is 65.7 Å². The number of thiophene rings is 1. The molecule has 4 rings (SSSR count). The van der Waals surface area contributed by atoms with E-state index in [1.54, 1.807) is 31.2 Å². The Morgan fingerprint density at radius 2 is 1.85 bits per heavy atom. The van der Waals surface area contributed by atoms with Gasteiger partial charge in [-0.25, -0.2) is 9.78 Å². The fourth-order valence-corrected chi connectivity index (χ4v) is 4.56. The number of benzene rings is 2. The molecule has 0 radical (unpaired) electrons. The van der Waals surface area contributed by atoms with Crippen LogP contribution < -0.4 is 10.9 Å². The molecule has 0 aliphatic carbocycles. The van der Waals surface area contributed by atoms with E-state index in [1.165, 1.54) is 10.9 Å². The Balaban J connectivity index is 1.49. The van der Waals surface area contributed by atoms with Crippen molar-refractivity contribution in [2.75, 3.05) is 11.9 Å². The highest BCUT2D eigenvalue weighted by Gasteiger charge is 2.21. The summed E-state index contributed by atoms with van der Waals surface area (Å²) in [6.07, 6.45) is 1.90. The summed E-state index contributed by atoms with van der Waals surface area (Å²) in [5, 5.41) is 3.39. The number of esters is 1. The molecule has 0 unspecified atom stereocenters. The van der Waals surface area contributed by atoms with Crippen molar-refractivity contribution in [3.05, 3.63) is 92.3 Å². The number of anilines is 1. The van der Waals surface area contributed by atoms with Gasteiger partial charge < -0.3 is 10.1 Å². The van der Waals surface area contributed by atoms with Gasteiger partial charge in [-0.2, -0.15) is 0 Å². The fourth-order valence-electron chi connectivity index (χ4n) is 3.35. The summed E-state index contributed by atoms with van der Waals surface area (Å²) in [7, 11) is 0. The van der Waals surface area contributed by atoms with Crippen molar-refractivity contribution in [3.63, 3.8) is 0 Å². The first kappa shape index (κ1) is 22.7. The highest BCUT2D eigenvalue weighted by molar-refractivity contribution is 7.20. The number of nitrogens with one attached hydrogen (secondary N) is 1. The van der Waals surface area contributed by atoms with Crippen molar-refractivity contribution in [2.45, 2.75) is 19.9 Å². The van der Waals surface area contributed by atoms with Gasteiger partial charge >= 0.3 is 5.97 Å². The van der Waals surface area contributed by atoms with E-state index in [9.17, 15) is 14.4 Å². The molecule has 0 saturated carbocycles. The van der Waals surface area contributed by atoms with Gasteiger partial charge in [0.05, 0.1) is 29.0 Å². The third-order valence-electron chi connectivity index (χ3n) is 5.03. The molecule has 0 saturated heterocycles. The third kappa shape index (κ3) is 5.13. The zero-order valence-electron chi connectivity index (χ0n) is 17.7. The van der Waals surface area contributed by atoms with Gasteiger partial charge in [-0.1, -0.05) is 54.1 Å². The van der Waals surface area contributed by atoms with Gasteiger partial charge in [-0.05, 0) is 30.2 Å². The summed E-state index contributed by atoms with van der Waals surface area (Å²) in [6, 6.07) is 16.5. The Labute approximate surface area is 198 Å². The molecule has 2 aromatic heterocycles. The monoisotopic (exact) mass is 481 g/mol. The molecular formula is C24H20ClN3O4S. The second-order valence-electron chi connectivity index (χ2n) is 7.31. The van der Waals surface area contributed by atoms with Crippen LogP contribution in [-0.2, 0) is 22.5 Å². The number of hydrogen-bond donors (Lipinski definition) is 1. The number of carbonyl (C=O) groups is 2. The van der Waals surface area contributed by atoms with Crippen molar-refractivity contribution in [3.8, 4) is 0 Å². The largest absolute Gasteiger partial charge is 0.461 e. The quantitative estimate of drug-likeness (QED) is 0.394. The molecular weight excluding hydrogens is 462 g/mol. The number of aryl methyl sites for hydroxylation is 1. The van der Waals surface area contributed by atoms with Crippen LogP contribution in [-0.4, -0.2) is 28.0 Å². The van der Waals surface area contributed by atoms with Gasteiger partial charge in [0.1, 0.15) is 16.3 Å². The van der Waals surface area contributed by atoms with Gasteiger partial charge in [0.25, 0.3) is 5.56 Å². The minimum atomic E-state index is -0.492. The van der Waals surface area contributed by atoms with E-state index in [4.69, 9.17) is 16.3 Å². The standard InChI is InChI=1S/C24H20ClN3O4S/c1-15-20-22(33-21(15)24(31)32-12-11-16-7-3-2-4-8-16)26-14-28(23(20)30)13-19(29)27-18-10-6-5-9-17(18)25/h2-10,14H,11-13H2,1H3,(H,27,29). The van der Waals surface area contributed by atoms with E-state index in [1.807, 2.05) is 30.3 Å². The average molecular weight is 482 g/mol. The van der Waals surface area contributed by atoms with E-state index in [0.29, 0.717) is 37.8 Å². The summed E-state index contributed by atoms with van der Waals surface area (Å²) in [6.45, 7) is 1.68. The van der Waals surface area contributed by atoms with Gasteiger partial charge in [0, 0.05) is 6.42 Å². The first-order valence-electron chi connectivity index (χ1n) is 10.2. The molecule has 0 bridgehead atoms. The van der Waals surface area contributed by atoms with E-state index in [2.05, 4.69) is 10.3 Å². The minimum Gasteiger partial charge on any atom is -0.461 e. The molecule has 0 fully saturated rings. The number of ether oxygens (including phenoxy) is 1. The number of amides is 1. The SMILES string of the molecule is Cc1c(C(=O)OCCc2ccccc2)sc2ncn(CC(=O)Nc3ccccc3Cl)c(=O)c12. The molecule has 33 heavy (non-hydrogen) atoms. The van der Waals surface area contributed by atoms with Crippen LogP contribution in [0, 0.1) is 6.92 Å². The van der Waals surface area contributed by atoms with E-state index in [0.717, 1.165) is 16.9 Å². The molecule has 0 aliphatic heterocycles. The van der Waals surface area contributed by atoms with Crippen molar-refractivity contribution in [1.82, 2.24) is 9.55 Å². The lowest BCUT2D eigenvalue weighted by atomic mass is 10.2. The molecule has 0 spiro atoms. The Kier molecular flexibility index (Phi) is 6.86. The Morgan fingerprint density at radius 3 is 2.61 bits per heavy atom. The lowest BCUT2D eigenvalue weighted by molar-refractivity contribution is -0.116. The van der Waals surface area contributed by atoms with E-state index < -0.39 is 17.4 Å². The smallest absolute Gasteiger partial charge is 0.348 e. The zero-order valence-corrected chi connectivity index (χ0v) is 19.3. The number of halogens is 1. The predicted octanol–water partition coefficient (Wildman–Crippen LogP) is 4.46. The zero-order chi connectivity index (χ0) is 23.4. The highest BCUT2D eigenvalue weighted by atomic mass is 35.5. The van der Waals surface area contributed by atoms with E-state index in [-0.39, 0.29) is 13.2 Å². The first-order valence-corrected chi connectivity index (χ1v) is 11.4. The van der Waals surface area contributed by atoms with Crippen LogP contribution in [0.3, 0.4) is 0 Å². The number of nitrogens with zero attached hydrogens (tertiary/aromatic N) is 2. The van der Waals surface area contributed by atoms with Crippen LogP contribution >= 0.6 is 22.9 Å². The van der Waals surface area contributed by atoms with Crippen molar-refractivity contribution < 1.29 is 14.3 Å². The summed E-state index contributed by atoms with van der Waals surface area (Å²) >= 11 is 7.17. The molecule has 9 heteroatoms. The molecule has 2 heterocycles. The molecule has 0 atom stereocenters. The summed E-state index contributed by atoms with van der Waals surface area (Å²) in [4.78, 5) is 43.1. The number of rotatable bonds is 7. The third-order valence-corrected chi connectivity index (χ3v) is 6.54. The second kappa shape index (κ2) is 9.97. The number of carbonyl (C=O) groups excluding carboxylic acids is 2. The maximum Gasteiger partial charge on any atom is 0.348 e. The lowest BCUT2D eigenvalue weighted by Gasteiger charge is -2.08. The van der Waals surface area contributed by atoms with E-state index >= 15 is 0 Å². The second-order valence-corrected chi connectivity index (χ2v) is 8.72. The molecule has 1 amide bonds. The van der Waals surface area contributed by atoms with Crippen LogP contribution in [0.1, 0.15) is 20.8 Å². The Hall–Kier alpha value is -3.49. The van der Waals surface area contributed by atoms with Crippen molar-refractivity contribution in [2.24, 2.45) is 0 Å². The average Bonchev–Trinajstić information content (AvgIpc) is 3.15. The Bertz CT molecular complexity index is 1380. The Morgan fingerprint density at radius 1 is 1.12 bits per heavy atom. The maximum absolute atomic E-state index is 13.0. The maximum atomic E-state index is 13.0. The van der Waals surface area contributed by atoms with Gasteiger partial charge in [0.2, 0.25) is 5.91 Å². The summed E-state index contributed by atoms with van der Waals surface area (Å²) in [5.74, 6) is -0.909. The number of para-hydroxylation sites is 1. The normalized spacial score (nSPS) is 10.8. The van der Waals surface area contributed by atoms with Gasteiger partial charge in [0.15, 0.2) is 0 Å². The fraction of sp³-hybridized carbons (Fsp3) is 0.167. The molecule has 0 aliphatic rings. The summed E-state index contributed by atoms with van der Waals surface area (Å²) in [5.41, 5.74) is 1.63.